The normalized spacial score (nSPS) is 11.4. The van der Waals surface area contributed by atoms with Crippen LogP contribution >= 0.6 is 11.6 Å². The molecule has 0 aliphatic carbocycles. The maximum atomic E-state index is 12.6. The molecule has 0 unspecified atom stereocenters. The van der Waals surface area contributed by atoms with E-state index in [1.54, 1.807) is 31.2 Å². The van der Waals surface area contributed by atoms with Crippen molar-refractivity contribution in [2.24, 2.45) is 0 Å². The fourth-order valence-corrected chi connectivity index (χ4v) is 2.77. The molecule has 1 aromatic heterocycles. The van der Waals surface area contributed by atoms with Crippen molar-refractivity contribution >= 4 is 17.5 Å². The summed E-state index contributed by atoms with van der Waals surface area (Å²) in [6.45, 7) is 1.68. The molecule has 1 heterocycles. The highest BCUT2D eigenvalue weighted by atomic mass is 35.5. The molecule has 0 bridgehead atoms. The first kappa shape index (κ1) is 19.0. The van der Waals surface area contributed by atoms with Gasteiger partial charge in [-0.1, -0.05) is 41.0 Å². The van der Waals surface area contributed by atoms with Crippen LogP contribution in [0.15, 0.2) is 53.1 Å². The molecule has 1 amide bonds. The average Bonchev–Trinajstić information content (AvgIpc) is 3.01. The van der Waals surface area contributed by atoms with Crippen LogP contribution in [0, 0.1) is 6.92 Å². The Morgan fingerprint density at radius 1 is 1.15 bits per heavy atom. The smallest absolute Gasteiger partial charge is 0.355 e. The van der Waals surface area contributed by atoms with Crippen molar-refractivity contribution in [1.29, 1.82) is 0 Å². The summed E-state index contributed by atoms with van der Waals surface area (Å²) in [5.41, 5.74) is 0.933. The second-order valence-electron chi connectivity index (χ2n) is 5.83. The lowest BCUT2D eigenvalue weighted by molar-refractivity contribution is -0.137. The fraction of sp³-hybridized carbons (Fsp3) is 0.158. The van der Waals surface area contributed by atoms with Gasteiger partial charge in [0.1, 0.15) is 5.56 Å². The Kier molecular flexibility index (Phi) is 5.23. The zero-order valence-electron chi connectivity index (χ0n) is 14.1. The van der Waals surface area contributed by atoms with Gasteiger partial charge in [0.15, 0.2) is 5.76 Å². The van der Waals surface area contributed by atoms with Crippen LogP contribution in [0.4, 0.5) is 13.2 Å². The molecule has 0 aliphatic rings. The highest BCUT2D eigenvalue weighted by molar-refractivity contribution is 6.33. The van der Waals surface area contributed by atoms with Crippen LogP contribution < -0.4 is 5.32 Å². The Balaban J connectivity index is 1.78. The largest absolute Gasteiger partial charge is 0.416 e. The third-order valence-corrected chi connectivity index (χ3v) is 4.27. The van der Waals surface area contributed by atoms with Crippen LogP contribution in [0.25, 0.3) is 11.3 Å². The number of hydrogen-bond donors (Lipinski definition) is 1. The summed E-state index contributed by atoms with van der Waals surface area (Å²) in [4.78, 5) is 12.6. The van der Waals surface area contributed by atoms with Crippen molar-refractivity contribution in [2.75, 3.05) is 0 Å². The molecule has 27 heavy (non-hydrogen) atoms. The molecule has 3 aromatic rings. The van der Waals surface area contributed by atoms with Gasteiger partial charge < -0.3 is 9.84 Å². The molecule has 0 aliphatic heterocycles. The van der Waals surface area contributed by atoms with E-state index in [4.69, 9.17) is 16.1 Å². The Labute approximate surface area is 157 Å². The van der Waals surface area contributed by atoms with Crippen LogP contribution in [0.2, 0.25) is 5.02 Å². The monoisotopic (exact) mass is 394 g/mol. The van der Waals surface area contributed by atoms with Gasteiger partial charge in [-0.2, -0.15) is 13.2 Å². The fourth-order valence-electron chi connectivity index (χ4n) is 2.55. The second kappa shape index (κ2) is 7.44. The standard InChI is InChI=1S/C19H14ClF3N2O2/c1-11-16(17(27-25-11)14-4-2-3-5-15(14)20)18(26)24-10-12-6-8-13(9-7-12)19(21,22)23/h2-9H,10H2,1H3,(H,24,26). The van der Waals surface area contributed by atoms with E-state index in [-0.39, 0.29) is 17.9 Å². The maximum Gasteiger partial charge on any atom is 0.416 e. The molecule has 0 saturated heterocycles. The van der Waals surface area contributed by atoms with Crippen molar-refractivity contribution in [3.8, 4) is 11.3 Å². The minimum Gasteiger partial charge on any atom is -0.355 e. The molecule has 0 radical (unpaired) electrons. The van der Waals surface area contributed by atoms with E-state index in [1.807, 2.05) is 0 Å². The third kappa shape index (κ3) is 4.14. The molecule has 0 saturated carbocycles. The Bertz CT molecular complexity index is 966. The van der Waals surface area contributed by atoms with Crippen LogP contribution in [0.3, 0.4) is 0 Å². The van der Waals surface area contributed by atoms with E-state index in [1.165, 1.54) is 12.1 Å². The molecule has 2 aromatic carbocycles. The van der Waals surface area contributed by atoms with Crippen molar-refractivity contribution in [3.63, 3.8) is 0 Å². The quantitative estimate of drug-likeness (QED) is 0.657. The molecule has 3 rings (SSSR count). The molecular weight excluding hydrogens is 381 g/mol. The van der Waals surface area contributed by atoms with Crippen LogP contribution in [0.5, 0.6) is 0 Å². The van der Waals surface area contributed by atoms with Crippen molar-refractivity contribution < 1.29 is 22.5 Å². The first-order chi connectivity index (χ1) is 12.8. The number of benzene rings is 2. The van der Waals surface area contributed by atoms with Crippen molar-refractivity contribution in [1.82, 2.24) is 10.5 Å². The van der Waals surface area contributed by atoms with Crippen LogP contribution in [0.1, 0.15) is 27.2 Å². The SMILES string of the molecule is Cc1noc(-c2ccccc2Cl)c1C(=O)NCc1ccc(C(F)(F)F)cc1. The predicted octanol–water partition coefficient (Wildman–Crippen LogP) is 5.25. The number of halogens is 4. The van der Waals surface area contributed by atoms with Gasteiger partial charge in [0.2, 0.25) is 0 Å². The van der Waals surface area contributed by atoms with Crippen molar-refractivity contribution in [3.05, 3.63) is 75.9 Å². The zero-order chi connectivity index (χ0) is 19.6. The summed E-state index contributed by atoms with van der Waals surface area (Å²) in [5, 5.41) is 6.90. The minimum atomic E-state index is -4.40. The summed E-state index contributed by atoms with van der Waals surface area (Å²) in [5.74, 6) is -0.216. The Morgan fingerprint density at radius 2 is 1.81 bits per heavy atom. The van der Waals surface area contributed by atoms with Gasteiger partial charge in [-0.05, 0) is 36.8 Å². The van der Waals surface area contributed by atoms with Gasteiger partial charge in [0, 0.05) is 12.1 Å². The number of nitrogens with zero attached hydrogens (tertiary/aromatic N) is 1. The number of aryl methyl sites for hydroxylation is 1. The van der Waals surface area contributed by atoms with Crippen LogP contribution in [-0.4, -0.2) is 11.1 Å². The molecule has 140 valence electrons. The number of rotatable bonds is 4. The van der Waals surface area contributed by atoms with Gasteiger partial charge in [-0.25, -0.2) is 0 Å². The average molecular weight is 395 g/mol. The Hall–Kier alpha value is -2.80. The van der Waals surface area contributed by atoms with Gasteiger partial charge in [0.25, 0.3) is 5.91 Å². The third-order valence-electron chi connectivity index (χ3n) is 3.94. The van der Waals surface area contributed by atoms with E-state index in [2.05, 4.69) is 10.5 Å². The maximum absolute atomic E-state index is 12.6. The lowest BCUT2D eigenvalue weighted by Crippen LogP contribution is -2.23. The second-order valence-corrected chi connectivity index (χ2v) is 6.24. The summed E-state index contributed by atoms with van der Waals surface area (Å²) < 4.78 is 43.1. The number of amides is 1. The molecule has 1 N–H and O–H groups in total. The zero-order valence-corrected chi connectivity index (χ0v) is 14.9. The van der Waals surface area contributed by atoms with E-state index >= 15 is 0 Å². The number of nitrogens with one attached hydrogen (secondary N) is 1. The molecule has 4 nitrogen and oxygen atoms in total. The molecule has 0 atom stereocenters. The molecule has 0 fully saturated rings. The first-order valence-corrected chi connectivity index (χ1v) is 8.30. The Morgan fingerprint density at radius 3 is 2.44 bits per heavy atom. The van der Waals surface area contributed by atoms with Gasteiger partial charge >= 0.3 is 6.18 Å². The predicted molar refractivity (Wildman–Crippen MR) is 94.3 cm³/mol. The summed E-state index contributed by atoms with van der Waals surface area (Å²) in [7, 11) is 0. The van der Waals surface area contributed by atoms with Gasteiger partial charge in [0.05, 0.1) is 16.3 Å². The van der Waals surface area contributed by atoms with Gasteiger partial charge in [-0.15, -0.1) is 0 Å². The summed E-state index contributed by atoms with van der Waals surface area (Å²) in [6, 6.07) is 11.5. The lowest BCUT2D eigenvalue weighted by Gasteiger charge is -2.09. The molecular formula is C19H14ClF3N2O2. The number of carbonyl (C=O) groups is 1. The number of alkyl halides is 3. The number of aromatic nitrogens is 1. The number of carbonyl (C=O) groups excluding carboxylic acids is 1. The number of hydrogen-bond acceptors (Lipinski definition) is 3. The molecule has 0 spiro atoms. The van der Waals surface area contributed by atoms with E-state index in [0.29, 0.717) is 21.8 Å². The van der Waals surface area contributed by atoms with Crippen molar-refractivity contribution in [2.45, 2.75) is 19.6 Å². The van der Waals surface area contributed by atoms with E-state index in [0.717, 1.165) is 12.1 Å². The minimum absolute atomic E-state index is 0.0591. The lowest BCUT2D eigenvalue weighted by atomic mass is 10.1. The van der Waals surface area contributed by atoms with Crippen LogP contribution in [-0.2, 0) is 12.7 Å². The highest BCUT2D eigenvalue weighted by Crippen LogP contribution is 2.32. The first-order valence-electron chi connectivity index (χ1n) is 7.93. The van der Waals surface area contributed by atoms with Gasteiger partial charge in [-0.3, -0.25) is 4.79 Å². The highest BCUT2D eigenvalue weighted by Gasteiger charge is 2.30. The molecule has 8 heteroatoms. The summed E-state index contributed by atoms with van der Waals surface area (Å²) in [6.07, 6.45) is -4.40. The summed E-state index contributed by atoms with van der Waals surface area (Å²) >= 11 is 6.16. The topological polar surface area (TPSA) is 55.1 Å². The van der Waals surface area contributed by atoms with E-state index in [9.17, 15) is 18.0 Å². The van der Waals surface area contributed by atoms with E-state index < -0.39 is 17.6 Å².